The fourth-order valence-corrected chi connectivity index (χ4v) is 4.32. The molecule has 178 valence electrons. The molecule has 2 rings (SSSR count). The van der Waals surface area contributed by atoms with E-state index in [0.29, 0.717) is 12.8 Å². The lowest BCUT2D eigenvalue weighted by Crippen LogP contribution is -2.39. The first kappa shape index (κ1) is 26.1. The molecular weight excluding hydrogens is 404 g/mol. The summed E-state index contributed by atoms with van der Waals surface area (Å²) in [6.07, 6.45) is 6.64. The van der Waals surface area contributed by atoms with Gasteiger partial charge in [0.2, 0.25) is 0 Å². The van der Waals surface area contributed by atoms with Gasteiger partial charge in [0, 0.05) is 17.9 Å². The third-order valence-corrected chi connectivity index (χ3v) is 6.81. The second-order valence-corrected chi connectivity index (χ2v) is 10.3. The zero-order valence-corrected chi connectivity index (χ0v) is 21.0. The van der Waals surface area contributed by atoms with Crippen LogP contribution in [0.25, 0.3) is 0 Å². The molecule has 1 saturated heterocycles. The molecule has 1 heterocycles. The Hall–Kier alpha value is -2.14. The van der Waals surface area contributed by atoms with Crippen LogP contribution in [0, 0.1) is 11.3 Å². The molecule has 1 fully saturated rings. The van der Waals surface area contributed by atoms with Crippen molar-refractivity contribution in [2.45, 2.75) is 99.2 Å². The Labute approximate surface area is 192 Å². The van der Waals surface area contributed by atoms with E-state index in [1.165, 1.54) is 5.57 Å². The van der Waals surface area contributed by atoms with Crippen molar-refractivity contribution < 1.29 is 24.5 Å². The van der Waals surface area contributed by atoms with Crippen molar-refractivity contribution in [1.29, 1.82) is 0 Å². The number of Topliss-reactive ketones (excluding diaryl/α,β-unsaturated/α-hetero) is 2. The first-order valence-electron chi connectivity index (χ1n) is 11.7. The van der Waals surface area contributed by atoms with Crippen LogP contribution in [0.2, 0.25) is 0 Å². The van der Waals surface area contributed by atoms with Gasteiger partial charge >= 0.3 is 0 Å². The van der Waals surface area contributed by atoms with Crippen molar-refractivity contribution in [1.82, 2.24) is 0 Å². The molecule has 0 bridgehead atoms. The van der Waals surface area contributed by atoms with Gasteiger partial charge in [-0.1, -0.05) is 37.1 Å². The number of allylic oxidation sites excluding steroid dienone is 7. The molecule has 5 heteroatoms. The van der Waals surface area contributed by atoms with Crippen LogP contribution < -0.4 is 0 Å². The predicted molar refractivity (Wildman–Crippen MR) is 127 cm³/mol. The molecule has 3 atom stereocenters. The van der Waals surface area contributed by atoms with Crippen LogP contribution >= 0.6 is 0 Å². The summed E-state index contributed by atoms with van der Waals surface area (Å²) >= 11 is 0. The highest BCUT2D eigenvalue weighted by atomic mass is 16.5. The number of carbonyl (C=O) groups excluding carboxylic acids is 2. The fourth-order valence-electron chi connectivity index (χ4n) is 4.32. The van der Waals surface area contributed by atoms with E-state index in [2.05, 4.69) is 19.9 Å². The Balaban J connectivity index is 2.58. The van der Waals surface area contributed by atoms with Crippen LogP contribution in [0.3, 0.4) is 0 Å². The standard InChI is InChI=1S/C27H40O5/c1-9-18(5)22(28)21-23(29)19(6)24(30)27(14-13-17(4)12-10-11-16(2)3)15-20(26(7,8)31)32-25(21)27/h11,13,18,20,29,31H,9-10,12,14-15H2,1-8H3/b17-13+/t18?,20-,27+/m0/s1. The smallest absolute Gasteiger partial charge is 0.176 e. The van der Waals surface area contributed by atoms with E-state index < -0.39 is 17.1 Å². The SMILES string of the molecule is CCC(C)C(=O)C1=C2O[C@H](C(C)(C)O)C[C@]2(C/C=C(\C)CCC=C(C)C)C(=O)C(C)=C1O. The van der Waals surface area contributed by atoms with Crippen molar-refractivity contribution in [2.24, 2.45) is 11.3 Å². The normalized spacial score (nSPS) is 25.0. The molecule has 0 aromatic heterocycles. The number of carbonyl (C=O) groups is 2. The summed E-state index contributed by atoms with van der Waals surface area (Å²) < 4.78 is 6.15. The maximum atomic E-state index is 13.6. The molecule has 0 radical (unpaired) electrons. The number of fused-ring (bicyclic) bond motifs is 1. The number of hydrogen-bond donors (Lipinski definition) is 2. The highest BCUT2D eigenvalue weighted by Crippen LogP contribution is 2.54. The Morgan fingerprint density at radius 1 is 1.28 bits per heavy atom. The van der Waals surface area contributed by atoms with Crippen LogP contribution in [0.4, 0.5) is 0 Å². The summed E-state index contributed by atoms with van der Waals surface area (Å²) in [6.45, 7) is 14.8. The fraction of sp³-hybridized carbons (Fsp3) is 0.630. The molecule has 2 N–H and O–H groups in total. The molecule has 5 nitrogen and oxygen atoms in total. The van der Waals surface area contributed by atoms with E-state index in [-0.39, 0.29) is 46.6 Å². The number of rotatable bonds is 9. The van der Waals surface area contributed by atoms with Crippen molar-refractivity contribution in [3.05, 3.63) is 46.0 Å². The van der Waals surface area contributed by atoms with E-state index in [1.54, 1.807) is 20.8 Å². The average molecular weight is 445 g/mol. The van der Waals surface area contributed by atoms with Gasteiger partial charge < -0.3 is 14.9 Å². The zero-order valence-electron chi connectivity index (χ0n) is 21.0. The van der Waals surface area contributed by atoms with Gasteiger partial charge in [0.25, 0.3) is 0 Å². The molecule has 0 aromatic rings. The van der Waals surface area contributed by atoms with Crippen LogP contribution in [0.15, 0.2) is 46.0 Å². The van der Waals surface area contributed by atoms with Gasteiger partial charge in [-0.2, -0.15) is 0 Å². The minimum atomic E-state index is -1.20. The number of ether oxygens (including phenoxy) is 1. The minimum Gasteiger partial charge on any atom is -0.507 e. The van der Waals surface area contributed by atoms with Crippen molar-refractivity contribution in [3.8, 4) is 0 Å². The maximum absolute atomic E-state index is 13.6. The van der Waals surface area contributed by atoms with Gasteiger partial charge in [-0.25, -0.2) is 0 Å². The molecule has 1 unspecified atom stereocenters. The second-order valence-electron chi connectivity index (χ2n) is 10.3. The largest absolute Gasteiger partial charge is 0.507 e. The minimum absolute atomic E-state index is 0.110. The second kappa shape index (κ2) is 9.78. The lowest BCUT2D eigenvalue weighted by molar-refractivity contribution is -0.124. The number of aliphatic hydroxyl groups excluding tert-OH is 1. The summed E-state index contributed by atoms with van der Waals surface area (Å²) in [5, 5.41) is 21.5. The Bertz CT molecular complexity index is 889. The van der Waals surface area contributed by atoms with Gasteiger partial charge in [0.1, 0.15) is 17.6 Å². The third-order valence-electron chi connectivity index (χ3n) is 6.81. The molecule has 0 spiro atoms. The summed E-state index contributed by atoms with van der Waals surface area (Å²) in [5.41, 5.74) is 0.438. The van der Waals surface area contributed by atoms with Crippen molar-refractivity contribution in [3.63, 3.8) is 0 Å². The molecule has 0 amide bonds. The quantitative estimate of drug-likeness (QED) is 0.433. The summed E-state index contributed by atoms with van der Waals surface area (Å²) in [7, 11) is 0. The van der Waals surface area contributed by atoms with E-state index in [9.17, 15) is 19.8 Å². The zero-order chi connectivity index (χ0) is 24.4. The molecule has 1 aliphatic carbocycles. The monoisotopic (exact) mass is 444 g/mol. The molecule has 32 heavy (non-hydrogen) atoms. The first-order chi connectivity index (χ1) is 14.8. The summed E-state index contributed by atoms with van der Waals surface area (Å²) in [6, 6.07) is 0. The summed E-state index contributed by atoms with van der Waals surface area (Å²) in [5.74, 6) is -0.824. The molecule has 2 aliphatic rings. The highest BCUT2D eigenvalue weighted by molar-refractivity contribution is 6.11. The van der Waals surface area contributed by atoms with Gasteiger partial charge in [0.15, 0.2) is 11.6 Å². The van der Waals surface area contributed by atoms with Crippen LogP contribution in [0.5, 0.6) is 0 Å². The van der Waals surface area contributed by atoms with E-state index in [1.807, 2.05) is 26.8 Å². The topological polar surface area (TPSA) is 83.8 Å². The van der Waals surface area contributed by atoms with E-state index >= 15 is 0 Å². The number of hydrogen-bond acceptors (Lipinski definition) is 5. The first-order valence-corrected chi connectivity index (χ1v) is 11.7. The van der Waals surface area contributed by atoms with Crippen LogP contribution in [-0.2, 0) is 14.3 Å². The Morgan fingerprint density at radius 3 is 2.44 bits per heavy atom. The third kappa shape index (κ3) is 5.09. The lowest BCUT2D eigenvalue weighted by Gasteiger charge is -2.32. The van der Waals surface area contributed by atoms with Crippen molar-refractivity contribution >= 4 is 11.6 Å². The molecule has 1 aliphatic heterocycles. The lowest BCUT2D eigenvalue weighted by atomic mass is 9.67. The van der Waals surface area contributed by atoms with Gasteiger partial charge in [-0.05, 0) is 67.2 Å². The Kier molecular flexibility index (Phi) is 7.98. The van der Waals surface area contributed by atoms with Gasteiger partial charge in [0.05, 0.1) is 16.6 Å². The molecule has 0 saturated carbocycles. The predicted octanol–water partition coefficient (Wildman–Crippen LogP) is 5.90. The molecule has 0 aromatic carbocycles. The molecular formula is C27H40O5. The Morgan fingerprint density at radius 2 is 1.91 bits per heavy atom. The summed E-state index contributed by atoms with van der Waals surface area (Å²) in [4.78, 5) is 26.8. The van der Waals surface area contributed by atoms with Gasteiger partial charge in [-0.3, -0.25) is 9.59 Å². The van der Waals surface area contributed by atoms with Crippen molar-refractivity contribution in [2.75, 3.05) is 0 Å². The number of aliphatic hydroxyl groups is 2. The van der Waals surface area contributed by atoms with Gasteiger partial charge in [-0.15, -0.1) is 0 Å². The van der Waals surface area contributed by atoms with Crippen LogP contribution in [0.1, 0.15) is 87.5 Å². The average Bonchev–Trinajstić information content (AvgIpc) is 3.11. The van der Waals surface area contributed by atoms with Crippen LogP contribution in [-0.4, -0.2) is 33.5 Å². The number of ketones is 2. The van der Waals surface area contributed by atoms with E-state index in [4.69, 9.17) is 4.74 Å². The highest BCUT2D eigenvalue weighted by Gasteiger charge is 2.58. The maximum Gasteiger partial charge on any atom is 0.176 e. The van der Waals surface area contributed by atoms with E-state index in [0.717, 1.165) is 18.4 Å².